The molecule has 1 saturated carbocycles. The number of rotatable bonds is 0. The van der Waals surface area contributed by atoms with Crippen molar-refractivity contribution in [3.63, 3.8) is 0 Å². The van der Waals surface area contributed by atoms with Crippen molar-refractivity contribution in [2.45, 2.75) is 45.5 Å². The highest BCUT2D eigenvalue weighted by Crippen LogP contribution is 2.61. The zero-order valence-electron chi connectivity index (χ0n) is 13.0. The molecule has 2 saturated heterocycles. The average Bonchev–Trinajstić information content (AvgIpc) is 3.10. The van der Waals surface area contributed by atoms with E-state index in [1.165, 1.54) is 0 Å². The Morgan fingerprint density at radius 2 is 1.90 bits per heavy atom. The number of fused-ring (bicyclic) bond motifs is 4. The Balaban J connectivity index is 1.82. The number of hydrogen-bond acceptors (Lipinski definition) is 4. The molecule has 6 atom stereocenters. The molecule has 2 heterocycles. The Labute approximate surface area is 125 Å². The van der Waals surface area contributed by atoms with Gasteiger partial charge in [0.25, 0.3) is 0 Å². The third-order valence-corrected chi connectivity index (χ3v) is 6.49. The van der Waals surface area contributed by atoms with Gasteiger partial charge >= 0.3 is 5.97 Å². The Morgan fingerprint density at radius 3 is 2.62 bits per heavy atom. The summed E-state index contributed by atoms with van der Waals surface area (Å²) in [6, 6.07) is 0. The lowest BCUT2D eigenvalue weighted by molar-refractivity contribution is -0.238. The van der Waals surface area contributed by atoms with Crippen LogP contribution in [0, 0.1) is 29.1 Å². The fourth-order valence-electron chi connectivity index (χ4n) is 5.21. The van der Waals surface area contributed by atoms with Crippen molar-refractivity contribution in [2.75, 3.05) is 13.2 Å². The van der Waals surface area contributed by atoms with Crippen molar-refractivity contribution in [3.8, 4) is 0 Å². The first-order valence-electron chi connectivity index (χ1n) is 8.17. The van der Waals surface area contributed by atoms with E-state index in [-0.39, 0.29) is 29.3 Å². The van der Waals surface area contributed by atoms with E-state index in [2.05, 4.69) is 26.0 Å². The molecule has 0 bridgehead atoms. The lowest BCUT2D eigenvalue weighted by Gasteiger charge is -2.47. The predicted molar refractivity (Wildman–Crippen MR) is 76.3 cm³/mol. The minimum Gasteiger partial charge on any atom is -0.461 e. The molecule has 2 aliphatic carbocycles. The third kappa shape index (κ3) is 1.55. The minimum absolute atomic E-state index is 0.0168. The summed E-state index contributed by atoms with van der Waals surface area (Å²) < 4.78 is 18.0. The summed E-state index contributed by atoms with van der Waals surface area (Å²) in [6.07, 6.45) is 6.40. The molecule has 0 aromatic heterocycles. The van der Waals surface area contributed by atoms with E-state index >= 15 is 0 Å². The van der Waals surface area contributed by atoms with Crippen LogP contribution in [0.2, 0.25) is 0 Å². The van der Waals surface area contributed by atoms with Crippen LogP contribution in [0.3, 0.4) is 0 Å². The molecule has 0 radical (unpaired) electrons. The summed E-state index contributed by atoms with van der Waals surface area (Å²) in [5.41, 5.74) is -0.315. The van der Waals surface area contributed by atoms with Crippen molar-refractivity contribution in [1.29, 1.82) is 0 Å². The van der Waals surface area contributed by atoms with Gasteiger partial charge in [0.05, 0.1) is 24.5 Å². The van der Waals surface area contributed by atoms with Gasteiger partial charge in [-0.1, -0.05) is 19.9 Å². The number of carbonyl (C=O) groups is 1. The van der Waals surface area contributed by atoms with Gasteiger partial charge in [-0.05, 0) is 37.7 Å². The van der Waals surface area contributed by atoms with Gasteiger partial charge in [0.2, 0.25) is 0 Å². The molecule has 0 N–H and O–H groups in total. The van der Waals surface area contributed by atoms with Gasteiger partial charge in [-0.25, -0.2) is 0 Å². The molecule has 4 nitrogen and oxygen atoms in total. The van der Waals surface area contributed by atoms with Crippen molar-refractivity contribution < 1.29 is 19.0 Å². The fourth-order valence-corrected chi connectivity index (χ4v) is 5.21. The molecule has 21 heavy (non-hydrogen) atoms. The Bertz CT molecular complexity index is 493. The zero-order chi connectivity index (χ0) is 14.8. The molecule has 116 valence electrons. The molecule has 0 aromatic carbocycles. The van der Waals surface area contributed by atoms with Gasteiger partial charge in [0, 0.05) is 5.92 Å². The van der Waals surface area contributed by atoms with E-state index in [4.69, 9.17) is 14.2 Å². The molecule has 0 unspecified atom stereocenters. The van der Waals surface area contributed by atoms with Gasteiger partial charge < -0.3 is 14.2 Å². The largest absolute Gasteiger partial charge is 0.461 e. The van der Waals surface area contributed by atoms with E-state index in [0.717, 1.165) is 12.8 Å². The molecule has 0 amide bonds. The maximum atomic E-state index is 12.1. The van der Waals surface area contributed by atoms with E-state index in [1.54, 1.807) is 0 Å². The van der Waals surface area contributed by atoms with Gasteiger partial charge in [0.15, 0.2) is 5.79 Å². The highest BCUT2D eigenvalue weighted by atomic mass is 16.7. The maximum absolute atomic E-state index is 12.1. The van der Waals surface area contributed by atoms with E-state index < -0.39 is 5.79 Å². The quantitative estimate of drug-likeness (QED) is 0.508. The third-order valence-electron chi connectivity index (χ3n) is 6.49. The van der Waals surface area contributed by atoms with Crippen LogP contribution in [0.1, 0.15) is 33.6 Å². The maximum Gasteiger partial charge on any atom is 0.309 e. The van der Waals surface area contributed by atoms with Crippen molar-refractivity contribution in [1.82, 2.24) is 0 Å². The molecule has 0 aromatic rings. The van der Waals surface area contributed by atoms with E-state index in [9.17, 15) is 4.79 Å². The average molecular weight is 292 g/mol. The predicted octanol–water partition coefficient (Wildman–Crippen LogP) is 2.53. The van der Waals surface area contributed by atoms with Crippen LogP contribution < -0.4 is 0 Å². The second-order valence-electron chi connectivity index (χ2n) is 7.40. The smallest absolute Gasteiger partial charge is 0.309 e. The molecule has 4 aliphatic rings. The monoisotopic (exact) mass is 292 g/mol. The molecule has 1 spiro atoms. The summed E-state index contributed by atoms with van der Waals surface area (Å²) in [5, 5.41) is 0. The van der Waals surface area contributed by atoms with Crippen LogP contribution in [0.25, 0.3) is 0 Å². The fraction of sp³-hybridized carbons (Fsp3) is 0.824. The van der Waals surface area contributed by atoms with E-state index in [0.29, 0.717) is 25.0 Å². The van der Waals surface area contributed by atoms with Gasteiger partial charge in [0.1, 0.15) is 6.10 Å². The highest BCUT2D eigenvalue weighted by molar-refractivity contribution is 5.75. The molecule has 2 aliphatic heterocycles. The molecular weight excluding hydrogens is 268 g/mol. The Hall–Kier alpha value is -0.870. The number of ether oxygens (including phenoxy) is 3. The first kappa shape index (κ1) is 13.8. The van der Waals surface area contributed by atoms with Crippen LogP contribution in [-0.2, 0) is 19.0 Å². The normalized spacial score (nSPS) is 50.8. The van der Waals surface area contributed by atoms with Gasteiger partial charge in [-0.3, -0.25) is 4.79 Å². The lowest BCUT2D eigenvalue weighted by atomic mass is 9.65. The van der Waals surface area contributed by atoms with Gasteiger partial charge in [-0.15, -0.1) is 0 Å². The van der Waals surface area contributed by atoms with E-state index in [1.807, 2.05) is 6.92 Å². The number of allylic oxidation sites excluding steroid dienone is 1. The summed E-state index contributed by atoms with van der Waals surface area (Å²) in [4.78, 5) is 12.1. The summed E-state index contributed by atoms with van der Waals surface area (Å²) in [5.74, 6) is 0.387. The lowest BCUT2D eigenvalue weighted by Crippen LogP contribution is -2.55. The van der Waals surface area contributed by atoms with Crippen molar-refractivity contribution in [3.05, 3.63) is 12.2 Å². The highest BCUT2D eigenvalue weighted by Gasteiger charge is 2.68. The zero-order valence-corrected chi connectivity index (χ0v) is 13.0. The second-order valence-corrected chi connectivity index (χ2v) is 7.40. The molecule has 4 heteroatoms. The standard InChI is InChI=1S/C17H24O4/c1-10-4-5-12-11(2)15(18)21-14(12)16(3)13(10)6-7-17(16)19-8-9-20-17/h6-7,10-14H,4-5,8-9H2,1-3H3/t10-,11-,12-,13+,14+,16+/m0/s1. The number of esters is 1. The molecule has 3 fully saturated rings. The summed E-state index contributed by atoms with van der Waals surface area (Å²) >= 11 is 0. The Morgan fingerprint density at radius 1 is 1.19 bits per heavy atom. The number of carbonyl (C=O) groups excluding carboxylic acids is 1. The van der Waals surface area contributed by atoms with Crippen LogP contribution in [0.5, 0.6) is 0 Å². The number of hydrogen-bond donors (Lipinski definition) is 0. The van der Waals surface area contributed by atoms with Crippen LogP contribution >= 0.6 is 0 Å². The second kappa shape index (κ2) is 4.32. The minimum atomic E-state index is -0.705. The first-order valence-corrected chi connectivity index (χ1v) is 8.17. The summed E-state index contributed by atoms with van der Waals surface area (Å²) in [7, 11) is 0. The van der Waals surface area contributed by atoms with Crippen molar-refractivity contribution >= 4 is 5.97 Å². The Kier molecular flexibility index (Phi) is 2.84. The van der Waals surface area contributed by atoms with Crippen LogP contribution in [-0.4, -0.2) is 31.1 Å². The SMILES string of the molecule is C[C@@H]1C(=O)O[C@@H]2[C@H]1CC[C@H](C)[C@H]1C=CC3(OCCO3)[C@]12C. The first-order chi connectivity index (χ1) is 9.99. The summed E-state index contributed by atoms with van der Waals surface area (Å²) in [6.45, 7) is 7.74. The van der Waals surface area contributed by atoms with Crippen LogP contribution in [0.15, 0.2) is 12.2 Å². The van der Waals surface area contributed by atoms with Crippen LogP contribution in [0.4, 0.5) is 0 Å². The van der Waals surface area contributed by atoms with Crippen molar-refractivity contribution in [2.24, 2.45) is 29.1 Å². The van der Waals surface area contributed by atoms with Gasteiger partial charge in [-0.2, -0.15) is 0 Å². The molecular formula is C17H24O4. The topological polar surface area (TPSA) is 44.8 Å². The molecule has 4 rings (SSSR count).